The summed E-state index contributed by atoms with van der Waals surface area (Å²) >= 11 is 0. The van der Waals surface area contributed by atoms with Crippen LogP contribution in [-0.4, -0.2) is 5.91 Å². The molecule has 0 bridgehead atoms. The van der Waals surface area contributed by atoms with Gasteiger partial charge in [-0.1, -0.05) is 50.2 Å². The zero-order valence-electron chi connectivity index (χ0n) is 16.0. The third kappa shape index (κ3) is 3.26. The van der Waals surface area contributed by atoms with Crippen LogP contribution < -0.4 is 10.2 Å². The summed E-state index contributed by atoms with van der Waals surface area (Å²) < 4.78 is 13.4. The van der Waals surface area contributed by atoms with Crippen LogP contribution in [0.5, 0.6) is 0 Å². The number of fused-ring (bicyclic) bond motifs is 1. The highest BCUT2D eigenvalue weighted by Gasteiger charge is 2.34. The molecule has 3 nitrogen and oxygen atoms in total. The number of hydrogen-bond acceptors (Lipinski definition) is 2. The topological polar surface area (TPSA) is 32.3 Å². The molecule has 4 rings (SSSR count). The Morgan fingerprint density at radius 2 is 1.68 bits per heavy atom. The van der Waals surface area contributed by atoms with Crippen LogP contribution in [0.3, 0.4) is 0 Å². The molecule has 1 heterocycles. The van der Waals surface area contributed by atoms with Gasteiger partial charge in [0, 0.05) is 11.4 Å². The molecule has 1 amide bonds. The Hall–Kier alpha value is -3.14. The standard InChI is InChI=1S/C24H23FN2O/c1-3-16(2)17-10-14-20(15-11-17)27-23(18-8-12-19(25)13-9-18)26-22-7-5-4-6-21(22)24(27)28/h4-16,23,26H,3H2,1-2H3/t16-,23+/m0/s1. The number of halogens is 1. The third-order valence-electron chi connectivity index (χ3n) is 5.47. The Morgan fingerprint density at radius 3 is 2.36 bits per heavy atom. The summed E-state index contributed by atoms with van der Waals surface area (Å²) in [6, 6.07) is 21.9. The number of amides is 1. The first-order valence-corrected chi connectivity index (χ1v) is 9.63. The van der Waals surface area contributed by atoms with Crippen LogP contribution in [-0.2, 0) is 0 Å². The lowest BCUT2D eigenvalue weighted by atomic mass is 9.97. The van der Waals surface area contributed by atoms with Gasteiger partial charge < -0.3 is 5.32 Å². The van der Waals surface area contributed by atoms with Crippen molar-refractivity contribution in [2.75, 3.05) is 10.2 Å². The second kappa shape index (κ2) is 7.47. The smallest absolute Gasteiger partial charge is 0.262 e. The fraction of sp³-hybridized carbons (Fsp3) is 0.208. The van der Waals surface area contributed by atoms with E-state index in [0.29, 0.717) is 11.5 Å². The van der Waals surface area contributed by atoms with E-state index in [0.717, 1.165) is 23.4 Å². The number of nitrogens with one attached hydrogen (secondary N) is 1. The molecule has 3 aromatic carbocycles. The van der Waals surface area contributed by atoms with E-state index >= 15 is 0 Å². The van der Waals surface area contributed by atoms with E-state index in [4.69, 9.17) is 0 Å². The highest BCUT2D eigenvalue weighted by Crippen LogP contribution is 2.37. The number of anilines is 2. The lowest BCUT2D eigenvalue weighted by Gasteiger charge is -2.38. The van der Waals surface area contributed by atoms with Crippen LogP contribution in [0.25, 0.3) is 0 Å². The molecule has 0 spiro atoms. The third-order valence-corrected chi connectivity index (χ3v) is 5.47. The van der Waals surface area contributed by atoms with Gasteiger partial charge in [0.2, 0.25) is 0 Å². The highest BCUT2D eigenvalue weighted by molar-refractivity contribution is 6.12. The number of carbonyl (C=O) groups excluding carboxylic acids is 1. The molecule has 3 aromatic rings. The second-order valence-corrected chi connectivity index (χ2v) is 7.22. The first-order chi connectivity index (χ1) is 13.6. The van der Waals surface area contributed by atoms with Gasteiger partial charge in [0.05, 0.1) is 5.56 Å². The zero-order valence-corrected chi connectivity index (χ0v) is 16.0. The van der Waals surface area contributed by atoms with Gasteiger partial charge >= 0.3 is 0 Å². The van der Waals surface area contributed by atoms with Gasteiger partial charge in [-0.25, -0.2) is 4.39 Å². The van der Waals surface area contributed by atoms with Gasteiger partial charge in [-0.2, -0.15) is 0 Å². The molecule has 142 valence electrons. The summed E-state index contributed by atoms with van der Waals surface area (Å²) in [4.78, 5) is 15.1. The van der Waals surface area contributed by atoms with Crippen molar-refractivity contribution >= 4 is 17.3 Å². The van der Waals surface area contributed by atoms with Crippen molar-refractivity contribution in [2.45, 2.75) is 32.4 Å². The van der Waals surface area contributed by atoms with Crippen molar-refractivity contribution in [2.24, 2.45) is 0 Å². The number of hydrogen-bond donors (Lipinski definition) is 1. The molecule has 0 unspecified atom stereocenters. The number of para-hydroxylation sites is 1. The molecular formula is C24H23FN2O. The van der Waals surface area contributed by atoms with Crippen molar-refractivity contribution in [3.8, 4) is 0 Å². The molecule has 28 heavy (non-hydrogen) atoms. The van der Waals surface area contributed by atoms with Crippen LogP contribution in [0, 0.1) is 5.82 Å². The normalized spacial score (nSPS) is 17.0. The van der Waals surface area contributed by atoms with Crippen molar-refractivity contribution in [1.29, 1.82) is 0 Å². The van der Waals surface area contributed by atoms with Crippen LogP contribution in [0.4, 0.5) is 15.8 Å². The maximum atomic E-state index is 13.4. The summed E-state index contributed by atoms with van der Waals surface area (Å²) in [5.74, 6) is 0.105. The summed E-state index contributed by atoms with van der Waals surface area (Å²) in [6.07, 6.45) is 0.659. The van der Waals surface area contributed by atoms with E-state index in [2.05, 4.69) is 31.3 Å². The van der Waals surface area contributed by atoms with Gasteiger partial charge in [-0.3, -0.25) is 9.69 Å². The lowest BCUT2D eigenvalue weighted by Crippen LogP contribution is -2.43. The van der Waals surface area contributed by atoms with Gasteiger partial charge in [0.15, 0.2) is 0 Å². The first-order valence-electron chi connectivity index (χ1n) is 9.63. The fourth-order valence-electron chi connectivity index (χ4n) is 3.60. The number of nitrogens with zero attached hydrogens (tertiary/aromatic N) is 1. The SMILES string of the molecule is CC[C@H](C)c1ccc(N2C(=O)c3ccccc3N[C@H]2c2ccc(F)cc2)cc1. The number of rotatable bonds is 4. The van der Waals surface area contributed by atoms with Crippen LogP contribution in [0.2, 0.25) is 0 Å². The zero-order chi connectivity index (χ0) is 19.7. The number of benzene rings is 3. The fourth-order valence-corrected chi connectivity index (χ4v) is 3.60. The van der Waals surface area contributed by atoms with E-state index in [1.54, 1.807) is 17.0 Å². The van der Waals surface area contributed by atoms with Crippen molar-refractivity contribution in [1.82, 2.24) is 0 Å². The number of carbonyl (C=O) groups is 1. The van der Waals surface area contributed by atoms with Gasteiger partial charge in [0.1, 0.15) is 12.0 Å². The molecule has 0 saturated carbocycles. The molecule has 1 N–H and O–H groups in total. The molecule has 0 aliphatic carbocycles. The highest BCUT2D eigenvalue weighted by atomic mass is 19.1. The van der Waals surface area contributed by atoms with E-state index < -0.39 is 6.17 Å². The summed E-state index contributed by atoms with van der Waals surface area (Å²) in [6.45, 7) is 4.36. The molecule has 4 heteroatoms. The predicted octanol–water partition coefficient (Wildman–Crippen LogP) is 6.11. The minimum absolute atomic E-state index is 0.0695. The van der Waals surface area contributed by atoms with Gasteiger partial charge in [-0.05, 0) is 59.9 Å². The summed E-state index contributed by atoms with van der Waals surface area (Å²) in [5.41, 5.74) is 4.31. The van der Waals surface area contributed by atoms with E-state index in [9.17, 15) is 9.18 Å². The van der Waals surface area contributed by atoms with Gasteiger partial charge in [0.25, 0.3) is 5.91 Å². The Morgan fingerprint density at radius 1 is 1.00 bits per heavy atom. The van der Waals surface area contributed by atoms with E-state index in [-0.39, 0.29) is 11.7 Å². The van der Waals surface area contributed by atoms with Crippen molar-refractivity contribution in [3.05, 3.63) is 95.3 Å². The second-order valence-electron chi connectivity index (χ2n) is 7.22. The molecule has 0 radical (unpaired) electrons. The Balaban J connectivity index is 1.78. The molecular weight excluding hydrogens is 351 g/mol. The quantitative estimate of drug-likeness (QED) is 0.597. The van der Waals surface area contributed by atoms with E-state index in [1.807, 2.05) is 36.4 Å². The monoisotopic (exact) mass is 374 g/mol. The Bertz CT molecular complexity index is 982. The Kier molecular flexibility index (Phi) is 4.86. The van der Waals surface area contributed by atoms with Crippen LogP contribution in [0.15, 0.2) is 72.8 Å². The summed E-state index contributed by atoms with van der Waals surface area (Å²) in [5, 5.41) is 3.44. The molecule has 1 aliphatic heterocycles. The maximum absolute atomic E-state index is 13.4. The first kappa shape index (κ1) is 18.2. The minimum atomic E-state index is -0.405. The van der Waals surface area contributed by atoms with Crippen molar-refractivity contribution in [3.63, 3.8) is 0 Å². The van der Waals surface area contributed by atoms with Gasteiger partial charge in [-0.15, -0.1) is 0 Å². The molecule has 0 saturated heterocycles. The lowest BCUT2D eigenvalue weighted by molar-refractivity contribution is 0.0975. The van der Waals surface area contributed by atoms with Crippen LogP contribution >= 0.6 is 0 Å². The average Bonchev–Trinajstić information content (AvgIpc) is 2.74. The molecule has 2 atom stereocenters. The molecule has 0 aromatic heterocycles. The molecule has 0 fully saturated rings. The van der Waals surface area contributed by atoms with E-state index in [1.165, 1.54) is 17.7 Å². The van der Waals surface area contributed by atoms with Crippen LogP contribution in [0.1, 0.15) is 53.8 Å². The summed E-state index contributed by atoms with van der Waals surface area (Å²) in [7, 11) is 0. The molecule has 1 aliphatic rings. The largest absolute Gasteiger partial charge is 0.360 e. The average molecular weight is 374 g/mol. The Labute approximate surface area is 164 Å². The van der Waals surface area contributed by atoms with Crippen molar-refractivity contribution < 1.29 is 9.18 Å². The maximum Gasteiger partial charge on any atom is 0.262 e. The predicted molar refractivity (Wildman–Crippen MR) is 111 cm³/mol. The minimum Gasteiger partial charge on any atom is -0.360 e.